The summed E-state index contributed by atoms with van der Waals surface area (Å²) in [6, 6.07) is -0.137. The summed E-state index contributed by atoms with van der Waals surface area (Å²) < 4.78 is 0. The summed E-state index contributed by atoms with van der Waals surface area (Å²) in [5, 5.41) is 11.7. The highest BCUT2D eigenvalue weighted by Crippen LogP contribution is 2.03. The predicted molar refractivity (Wildman–Crippen MR) is 76.2 cm³/mol. The van der Waals surface area contributed by atoms with Gasteiger partial charge in [-0.2, -0.15) is 0 Å². The molecule has 0 fully saturated rings. The van der Waals surface area contributed by atoms with Crippen molar-refractivity contribution in [3.05, 3.63) is 0 Å². The Kier molecular flexibility index (Phi) is 9.94. The van der Waals surface area contributed by atoms with Gasteiger partial charge in [-0.3, -0.25) is 4.79 Å². The van der Waals surface area contributed by atoms with Gasteiger partial charge in [0.05, 0.1) is 5.92 Å². The largest absolute Gasteiger partial charge is 0.481 e. The van der Waals surface area contributed by atoms with E-state index in [1.807, 2.05) is 6.92 Å². The Hall–Kier alpha value is -1.26. The zero-order chi connectivity index (χ0) is 14.7. The Bertz CT molecular complexity index is 261. The Balaban J connectivity index is 4.24. The number of hydrogen-bond acceptors (Lipinski definition) is 2. The SMILES string of the molecule is CCCCN(CCCC)C(=O)NCC(CC)C(=O)O. The van der Waals surface area contributed by atoms with Gasteiger partial charge in [-0.05, 0) is 19.3 Å². The second-order valence-corrected chi connectivity index (χ2v) is 4.82. The zero-order valence-corrected chi connectivity index (χ0v) is 12.4. The molecule has 0 rings (SSSR count). The molecule has 0 heterocycles. The maximum Gasteiger partial charge on any atom is 0.317 e. The van der Waals surface area contributed by atoms with Crippen molar-refractivity contribution in [3.63, 3.8) is 0 Å². The van der Waals surface area contributed by atoms with Crippen LogP contribution < -0.4 is 5.32 Å². The number of carboxylic acids is 1. The lowest BCUT2D eigenvalue weighted by molar-refractivity contribution is -0.141. The van der Waals surface area contributed by atoms with Crippen LogP contribution in [0.2, 0.25) is 0 Å². The molecule has 0 aliphatic carbocycles. The highest BCUT2D eigenvalue weighted by Gasteiger charge is 2.18. The lowest BCUT2D eigenvalue weighted by atomic mass is 10.1. The van der Waals surface area contributed by atoms with Gasteiger partial charge in [-0.25, -0.2) is 4.79 Å². The minimum atomic E-state index is -0.850. The van der Waals surface area contributed by atoms with Gasteiger partial charge in [0.15, 0.2) is 0 Å². The molecule has 2 N–H and O–H groups in total. The lowest BCUT2D eigenvalue weighted by Crippen LogP contribution is -2.43. The Labute approximate surface area is 116 Å². The normalized spacial score (nSPS) is 11.9. The molecule has 0 radical (unpaired) electrons. The van der Waals surface area contributed by atoms with E-state index in [0.717, 1.165) is 38.8 Å². The molecule has 0 aromatic heterocycles. The molecule has 0 aromatic rings. The molecule has 0 aliphatic heterocycles. The second kappa shape index (κ2) is 10.6. The molecule has 0 saturated heterocycles. The fourth-order valence-electron chi connectivity index (χ4n) is 1.74. The highest BCUT2D eigenvalue weighted by molar-refractivity contribution is 5.76. The van der Waals surface area contributed by atoms with Crippen LogP contribution in [-0.2, 0) is 4.79 Å². The summed E-state index contributed by atoms with van der Waals surface area (Å²) in [7, 11) is 0. The summed E-state index contributed by atoms with van der Waals surface area (Å²) in [5.74, 6) is -1.35. The number of carboxylic acid groups (broad SMARTS) is 1. The molecule has 1 atom stereocenters. The van der Waals surface area contributed by atoms with Gasteiger partial charge in [-0.1, -0.05) is 33.6 Å². The standard InChI is InChI=1S/C14H28N2O3/c1-4-7-9-16(10-8-5-2)14(19)15-11-12(6-3)13(17)18/h12H,4-11H2,1-3H3,(H,15,19)(H,17,18). The molecule has 19 heavy (non-hydrogen) atoms. The fraction of sp³-hybridized carbons (Fsp3) is 0.857. The topological polar surface area (TPSA) is 69.6 Å². The van der Waals surface area contributed by atoms with E-state index >= 15 is 0 Å². The second-order valence-electron chi connectivity index (χ2n) is 4.82. The minimum Gasteiger partial charge on any atom is -0.481 e. The van der Waals surface area contributed by atoms with Crippen LogP contribution in [0, 0.1) is 5.92 Å². The maximum atomic E-state index is 12.0. The lowest BCUT2D eigenvalue weighted by Gasteiger charge is -2.23. The monoisotopic (exact) mass is 272 g/mol. The van der Waals surface area contributed by atoms with E-state index in [0.29, 0.717) is 6.42 Å². The number of hydrogen-bond donors (Lipinski definition) is 2. The number of nitrogens with zero attached hydrogens (tertiary/aromatic N) is 1. The molecule has 0 saturated carbocycles. The Morgan fingerprint density at radius 1 is 1.11 bits per heavy atom. The van der Waals surface area contributed by atoms with Crippen molar-refractivity contribution in [2.45, 2.75) is 52.9 Å². The number of nitrogens with one attached hydrogen (secondary N) is 1. The number of aliphatic carboxylic acids is 1. The van der Waals surface area contributed by atoms with E-state index in [1.54, 1.807) is 4.90 Å². The van der Waals surface area contributed by atoms with E-state index in [2.05, 4.69) is 19.2 Å². The Morgan fingerprint density at radius 3 is 2.00 bits per heavy atom. The smallest absolute Gasteiger partial charge is 0.317 e. The van der Waals surface area contributed by atoms with Crippen molar-refractivity contribution in [2.75, 3.05) is 19.6 Å². The molecule has 1 unspecified atom stereocenters. The van der Waals surface area contributed by atoms with E-state index in [-0.39, 0.29) is 12.6 Å². The summed E-state index contributed by atoms with van der Waals surface area (Å²) in [6.45, 7) is 7.69. The maximum absolute atomic E-state index is 12.0. The van der Waals surface area contributed by atoms with Crippen LogP contribution in [0.25, 0.3) is 0 Å². The fourth-order valence-corrected chi connectivity index (χ4v) is 1.74. The van der Waals surface area contributed by atoms with E-state index < -0.39 is 11.9 Å². The summed E-state index contributed by atoms with van der Waals surface area (Å²) in [4.78, 5) is 24.7. The third-order valence-electron chi connectivity index (χ3n) is 3.19. The van der Waals surface area contributed by atoms with E-state index in [4.69, 9.17) is 5.11 Å². The van der Waals surface area contributed by atoms with Gasteiger partial charge < -0.3 is 15.3 Å². The van der Waals surface area contributed by atoms with E-state index in [1.165, 1.54) is 0 Å². The van der Waals surface area contributed by atoms with Crippen LogP contribution in [0.15, 0.2) is 0 Å². The first kappa shape index (κ1) is 17.7. The molecule has 112 valence electrons. The molecular formula is C14H28N2O3. The number of carbonyl (C=O) groups is 2. The molecule has 0 aliphatic rings. The van der Waals surface area contributed by atoms with Gasteiger partial charge in [0, 0.05) is 19.6 Å². The first-order valence-electron chi connectivity index (χ1n) is 7.32. The Morgan fingerprint density at radius 2 is 1.63 bits per heavy atom. The van der Waals surface area contributed by atoms with E-state index in [9.17, 15) is 9.59 Å². The van der Waals surface area contributed by atoms with Crippen LogP contribution in [0.5, 0.6) is 0 Å². The van der Waals surface area contributed by atoms with Crippen LogP contribution in [-0.4, -0.2) is 41.6 Å². The number of amides is 2. The third kappa shape index (κ3) is 7.70. The quantitative estimate of drug-likeness (QED) is 0.642. The van der Waals surface area contributed by atoms with Crippen LogP contribution >= 0.6 is 0 Å². The summed E-state index contributed by atoms with van der Waals surface area (Å²) in [5.41, 5.74) is 0. The first-order chi connectivity index (χ1) is 9.06. The number of urea groups is 1. The van der Waals surface area contributed by atoms with Gasteiger partial charge in [0.25, 0.3) is 0 Å². The van der Waals surface area contributed by atoms with Crippen molar-refractivity contribution in [2.24, 2.45) is 5.92 Å². The van der Waals surface area contributed by atoms with Crippen molar-refractivity contribution >= 4 is 12.0 Å². The number of unbranched alkanes of at least 4 members (excludes halogenated alkanes) is 2. The molecule has 2 amide bonds. The first-order valence-corrected chi connectivity index (χ1v) is 7.32. The molecule has 5 nitrogen and oxygen atoms in total. The third-order valence-corrected chi connectivity index (χ3v) is 3.19. The summed E-state index contributed by atoms with van der Waals surface area (Å²) >= 11 is 0. The molecule has 0 aromatic carbocycles. The highest BCUT2D eigenvalue weighted by atomic mass is 16.4. The van der Waals surface area contributed by atoms with Crippen molar-refractivity contribution in [3.8, 4) is 0 Å². The van der Waals surface area contributed by atoms with Gasteiger partial charge >= 0.3 is 12.0 Å². The van der Waals surface area contributed by atoms with Crippen molar-refractivity contribution in [1.29, 1.82) is 0 Å². The average molecular weight is 272 g/mol. The molecule has 0 spiro atoms. The number of rotatable bonds is 10. The zero-order valence-electron chi connectivity index (χ0n) is 12.4. The van der Waals surface area contributed by atoms with Crippen LogP contribution in [0.4, 0.5) is 4.79 Å². The minimum absolute atomic E-state index is 0.137. The van der Waals surface area contributed by atoms with Crippen LogP contribution in [0.3, 0.4) is 0 Å². The van der Waals surface area contributed by atoms with Crippen molar-refractivity contribution < 1.29 is 14.7 Å². The summed E-state index contributed by atoms with van der Waals surface area (Å²) in [6.07, 6.45) is 4.57. The molecule has 5 heteroatoms. The van der Waals surface area contributed by atoms with Crippen molar-refractivity contribution in [1.82, 2.24) is 10.2 Å². The predicted octanol–water partition coefficient (Wildman–Crippen LogP) is 2.71. The molecule has 0 bridgehead atoms. The van der Waals surface area contributed by atoms with Gasteiger partial charge in [-0.15, -0.1) is 0 Å². The number of carbonyl (C=O) groups excluding carboxylic acids is 1. The van der Waals surface area contributed by atoms with Crippen LogP contribution in [0.1, 0.15) is 52.9 Å². The van der Waals surface area contributed by atoms with Gasteiger partial charge in [0.1, 0.15) is 0 Å². The molecular weight excluding hydrogens is 244 g/mol. The van der Waals surface area contributed by atoms with Gasteiger partial charge in [0.2, 0.25) is 0 Å². The average Bonchev–Trinajstić information content (AvgIpc) is 2.39.